The van der Waals surface area contributed by atoms with Crippen molar-refractivity contribution in [2.45, 2.75) is 23.1 Å². The highest BCUT2D eigenvalue weighted by molar-refractivity contribution is 9.10. The Kier molecular flexibility index (Phi) is 6.63. The van der Waals surface area contributed by atoms with Crippen LogP contribution in [0.2, 0.25) is 0 Å². The molecule has 0 aliphatic rings. The molecule has 10 heteroatoms. The summed E-state index contributed by atoms with van der Waals surface area (Å²) in [4.78, 5) is 16.4. The minimum absolute atomic E-state index is 0.0503. The molecule has 0 bridgehead atoms. The number of nitrogen functional groups attached to an aromatic ring is 1. The van der Waals surface area contributed by atoms with E-state index in [1.165, 1.54) is 31.4 Å². The van der Waals surface area contributed by atoms with Crippen LogP contribution in [0.3, 0.4) is 0 Å². The molecule has 2 aromatic carbocycles. The smallest absolute Gasteiger partial charge is 0.276 e. The normalized spacial score (nSPS) is 11.2. The van der Waals surface area contributed by atoms with Gasteiger partial charge < -0.3 is 10.5 Å². The summed E-state index contributed by atoms with van der Waals surface area (Å²) >= 11 is 3.26. The first-order chi connectivity index (χ1) is 14.7. The van der Waals surface area contributed by atoms with Crippen molar-refractivity contribution in [1.29, 1.82) is 0 Å². The van der Waals surface area contributed by atoms with Crippen molar-refractivity contribution < 1.29 is 23.2 Å². The number of nitrogens with two attached hydrogens (primary N) is 1. The van der Waals surface area contributed by atoms with Crippen LogP contribution in [0.15, 0.2) is 63.1 Å². The standard InChI is InChI=1S/C21H20BrN3O5S/c1-12-16(10-13-4-3-9-24-11-13)17(21(26)25-27)20(18(22)19(12)23)31(28,29)15-7-5-14(30-2)6-8-15/h3-9,11,27H,10,23H2,1-2H3,(H,25,26). The zero-order valence-electron chi connectivity index (χ0n) is 16.7. The molecule has 0 radical (unpaired) electrons. The van der Waals surface area contributed by atoms with E-state index < -0.39 is 15.7 Å². The lowest BCUT2D eigenvalue weighted by Crippen LogP contribution is -2.25. The molecule has 0 aliphatic heterocycles. The monoisotopic (exact) mass is 505 g/mol. The Bertz CT molecular complexity index is 1230. The van der Waals surface area contributed by atoms with Crippen LogP contribution in [0, 0.1) is 6.92 Å². The number of rotatable bonds is 6. The van der Waals surface area contributed by atoms with Crippen molar-refractivity contribution in [2.75, 3.05) is 12.8 Å². The summed E-state index contributed by atoms with van der Waals surface area (Å²) in [7, 11) is -2.74. The van der Waals surface area contributed by atoms with E-state index in [0.717, 1.165) is 5.56 Å². The van der Waals surface area contributed by atoms with Gasteiger partial charge in [0.2, 0.25) is 9.84 Å². The number of carbonyl (C=O) groups is 1. The van der Waals surface area contributed by atoms with Gasteiger partial charge in [0.1, 0.15) is 10.6 Å². The van der Waals surface area contributed by atoms with Crippen LogP contribution < -0.4 is 16.0 Å². The van der Waals surface area contributed by atoms with Gasteiger partial charge in [0.15, 0.2) is 0 Å². The van der Waals surface area contributed by atoms with Gasteiger partial charge in [0.25, 0.3) is 5.91 Å². The number of hydroxylamine groups is 1. The number of nitrogens with one attached hydrogen (secondary N) is 1. The average Bonchev–Trinajstić information content (AvgIpc) is 2.79. The van der Waals surface area contributed by atoms with Crippen LogP contribution in [0.5, 0.6) is 5.75 Å². The fraction of sp³-hybridized carbons (Fsp3) is 0.143. The molecule has 162 valence electrons. The molecule has 0 saturated heterocycles. The van der Waals surface area contributed by atoms with Gasteiger partial charge in [-0.2, -0.15) is 0 Å². The van der Waals surface area contributed by atoms with Crippen LogP contribution in [-0.2, 0) is 16.3 Å². The molecule has 8 nitrogen and oxygen atoms in total. The fourth-order valence-corrected chi connectivity index (χ4v) is 5.93. The highest BCUT2D eigenvalue weighted by Crippen LogP contribution is 2.40. The maximum absolute atomic E-state index is 13.6. The number of aromatic nitrogens is 1. The molecule has 0 atom stereocenters. The average molecular weight is 506 g/mol. The third-order valence-corrected chi connectivity index (χ3v) is 7.82. The predicted molar refractivity (Wildman–Crippen MR) is 118 cm³/mol. The van der Waals surface area contributed by atoms with E-state index in [4.69, 9.17) is 10.5 Å². The Morgan fingerprint density at radius 3 is 2.48 bits per heavy atom. The number of methoxy groups -OCH3 is 1. The number of benzene rings is 2. The lowest BCUT2D eigenvalue weighted by molar-refractivity contribution is 0.0701. The van der Waals surface area contributed by atoms with Gasteiger partial charge in [0, 0.05) is 18.8 Å². The van der Waals surface area contributed by atoms with E-state index in [1.807, 2.05) is 0 Å². The van der Waals surface area contributed by atoms with E-state index in [-0.39, 0.29) is 31.9 Å². The van der Waals surface area contributed by atoms with Crippen LogP contribution >= 0.6 is 15.9 Å². The number of amides is 1. The Morgan fingerprint density at radius 2 is 1.94 bits per heavy atom. The second-order valence-electron chi connectivity index (χ2n) is 6.69. The molecule has 1 heterocycles. The Hall–Kier alpha value is -2.95. The molecule has 1 aromatic heterocycles. The van der Waals surface area contributed by atoms with Crippen LogP contribution in [0.1, 0.15) is 27.0 Å². The van der Waals surface area contributed by atoms with E-state index >= 15 is 0 Å². The first kappa shape index (κ1) is 22.7. The van der Waals surface area contributed by atoms with E-state index in [2.05, 4.69) is 20.9 Å². The minimum atomic E-state index is -4.20. The van der Waals surface area contributed by atoms with E-state index in [0.29, 0.717) is 16.9 Å². The Labute approximate surface area is 188 Å². The molecule has 31 heavy (non-hydrogen) atoms. The lowest BCUT2D eigenvalue weighted by atomic mass is 9.94. The predicted octanol–water partition coefficient (Wildman–Crippen LogP) is 3.29. The van der Waals surface area contributed by atoms with Crippen molar-refractivity contribution in [3.05, 3.63) is 75.5 Å². The number of pyridine rings is 1. The second-order valence-corrected chi connectivity index (χ2v) is 9.37. The van der Waals surface area contributed by atoms with Crippen LogP contribution in [-0.4, -0.2) is 31.6 Å². The molecule has 3 rings (SSSR count). The fourth-order valence-electron chi connectivity index (χ4n) is 3.23. The number of carbonyl (C=O) groups excluding carboxylic acids is 1. The molecule has 0 fully saturated rings. The number of halogens is 1. The number of ether oxygens (including phenoxy) is 1. The van der Waals surface area contributed by atoms with Crippen molar-refractivity contribution >= 4 is 37.4 Å². The molecule has 0 aliphatic carbocycles. The van der Waals surface area contributed by atoms with Crippen LogP contribution in [0.25, 0.3) is 0 Å². The second kappa shape index (κ2) is 9.04. The molecule has 3 aromatic rings. The SMILES string of the molecule is COc1ccc(S(=O)(=O)c2c(Br)c(N)c(C)c(Cc3cccnc3)c2C(=O)NO)cc1. The lowest BCUT2D eigenvalue weighted by Gasteiger charge is -2.20. The van der Waals surface area contributed by atoms with Crippen molar-refractivity contribution in [2.24, 2.45) is 0 Å². The topological polar surface area (TPSA) is 132 Å². The zero-order chi connectivity index (χ0) is 22.8. The molecular weight excluding hydrogens is 486 g/mol. The largest absolute Gasteiger partial charge is 0.497 e. The first-order valence-electron chi connectivity index (χ1n) is 9.05. The van der Waals surface area contributed by atoms with E-state index in [9.17, 15) is 18.4 Å². The molecule has 0 spiro atoms. The maximum atomic E-state index is 13.6. The first-order valence-corrected chi connectivity index (χ1v) is 11.3. The third kappa shape index (κ3) is 4.27. The third-order valence-electron chi connectivity index (χ3n) is 4.89. The Balaban J connectivity index is 2.34. The van der Waals surface area contributed by atoms with Gasteiger partial charge in [-0.1, -0.05) is 6.07 Å². The number of sulfone groups is 1. The van der Waals surface area contributed by atoms with Gasteiger partial charge in [-0.15, -0.1) is 0 Å². The van der Waals surface area contributed by atoms with Crippen molar-refractivity contribution in [3.63, 3.8) is 0 Å². The zero-order valence-corrected chi connectivity index (χ0v) is 19.1. The number of nitrogens with zero attached hydrogens (tertiary/aromatic N) is 1. The summed E-state index contributed by atoms with van der Waals surface area (Å²) in [5.74, 6) is -0.484. The Morgan fingerprint density at radius 1 is 1.26 bits per heavy atom. The van der Waals surface area contributed by atoms with Crippen molar-refractivity contribution in [3.8, 4) is 5.75 Å². The summed E-state index contributed by atoms with van der Waals surface area (Å²) in [5, 5.41) is 9.39. The maximum Gasteiger partial charge on any atom is 0.276 e. The van der Waals surface area contributed by atoms with Crippen molar-refractivity contribution in [1.82, 2.24) is 10.5 Å². The van der Waals surface area contributed by atoms with Gasteiger partial charge in [-0.05, 0) is 69.9 Å². The van der Waals surface area contributed by atoms with Gasteiger partial charge in [0.05, 0.1) is 27.7 Å². The van der Waals surface area contributed by atoms with Gasteiger partial charge in [-0.25, -0.2) is 13.9 Å². The highest BCUT2D eigenvalue weighted by atomic mass is 79.9. The summed E-state index contributed by atoms with van der Waals surface area (Å²) < 4.78 is 32.3. The van der Waals surface area contributed by atoms with E-state index in [1.54, 1.807) is 36.9 Å². The molecule has 4 N–H and O–H groups in total. The summed E-state index contributed by atoms with van der Waals surface area (Å²) in [6.07, 6.45) is 3.40. The van der Waals surface area contributed by atoms with Gasteiger partial charge in [-0.3, -0.25) is 15.0 Å². The highest BCUT2D eigenvalue weighted by Gasteiger charge is 2.33. The summed E-state index contributed by atoms with van der Waals surface area (Å²) in [6.45, 7) is 1.68. The minimum Gasteiger partial charge on any atom is -0.497 e. The molecular formula is C21H20BrN3O5S. The van der Waals surface area contributed by atoms with Gasteiger partial charge >= 0.3 is 0 Å². The van der Waals surface area contributed by atoms with Crippen LogP contribution in [0.4, 0.5) is 5.69 Å². The number of anilines is 1. The number of hydrogen-bond acceptors (Lipinski definition) is 7. The quantitative estimate of drug-likeness (QED) is 0.266. The summed E-state index contributed by atoms with van der Waals surface area (Å²) in [5.41, 5.74) is 9.40. The molecule has 0 unspecified atom stereocenters. The number of hydrogen-bond donors (Lipinski definition) is 3. The summed E-state index contributed by atoms with van der Waals surface area (Å²) in [6, 6.07) is 9.27. The molecule has 1 amide bonds. The molecule has 0 saturated carbocycles.